The lowest BCUT2D eigenvalue weighted by atomic mass is 9.91. The van der Waals surface area contributed by atoms with E-state index >= 15 is 0 Å². The highest BCUT2D eigenvalue weighted by Crippen LogP contribution is 2.24. The van der Waals surface area contributed by atoms with E-state index in [4.69, 9.17) is 0 Å². The zero-order valence-corrected chi connectivity index (χ0v) is 12.6. The number of carbonyl (C=O) groups excluding carboxylic acids is 1. The van der Waals surface area contributed by atoms with Crippen LogP contribution in [0.15, 0.2) is 17.2 Å². The van der Waals surface area contributed by atoms with E-state index in [9.17, 15) is 9.59 Å². The highest BCUT2D eigenvalue weighted by atomic mass is 16.2. The van der Waals surface area contributed by atoms with Gasteiger partial charge >= 0.3 is 0 Å². The van der Waals surface area contributed by atoms with Gasteiger partial charge in [-0.05, 0) is 25.7 Å². The average molecular weight is 288 g/mol. The van der Waals surface area contributed by atoms with Crippen molar-refractivity contribution in [2.24, 2.45) is 13.0 Å². The smallest absolute Gasteiger partial charge is 0.259 e. The summed E-state index contributed by atoms with van der Waals surface area (Å²) in [5.41, 5.74) is 0.598. The van der Waals surface area contributed by atoms with Gasteiger partial charge in [-0.1, -0.05) is 6.92 Å². The second kappa shape index (κ2) is 5.02. The fourth-order valence-electron chi connectivity index (χ4n) is 3.06. The van der Waals surface area contributed by atoms with Gasteiger partial charge in [0, 0.05) is 25.8 Å². The summed E-state index contributed by atoms with van der Waals surface area (Å²) >= 11 is 0. The van der Waals surface area contributed by atoms with E-state index in [0.717, 1.165) is 19.4 Å². The van der Waals surface area contributed by atoms with Crippen molar-refractivity contribution in [2.45, 2.75) is 32.7 Å². The number of pyridine rings is 1. The molecule has 3 heterocycles. The fourth-order valence-corrected chi connectivity index (χ4v) is 3.06. The van der Waals surface area contributed by atoms with Gasteiger partial charge in [0.15, 0.2) is 0 Å². The minimum atomic E-state index is -0.243. The summed E-state index contributed by atoms with van der Waals surface area (Å²) in [6, 6.07) is 0.162. The summed E-state index contributed by atoms with van der Waals surface area (Å²) in [6.45, 7) is 4.92. The van der Waals surface area contributed by atoms with E-state index in [1.165, 1.54) is 12.4 Å². The van der Waals surface area contributed by atoms with Crippen LogP contribution in [0.4, 0.5) is 0 Å². The van der Waals surface area contributed by atoms with Crippen molar-refractivity contribution in [2.75, 3.05) is 6.54 Å². The van der Waals surface area contributed by atoms with Crippen LogP contribution in [0.3, 0.4) is 0 Å². The molecule has 1 aliphatic heterocycles. The molecule has 2 aromatic rings. The molecule has 0 bridgehead atoms. The Morgan fingerprint density at radius 3 is 2.95 bits per heavy atom. The summed E-state index contributed by atoms with van der Waals surface area (Å²) in [5, 5.41) is 4.52. The molecule has 2 unspecified atom stereocenters. The number of fused-ring (bicyclic) bond motifs is 1. The highest BCUT2D eigenvalue weighted by Gasteiger charge is 2.30. The molecule has 3 rings (SSSR count). The average Bonchev–Trinajstić information content (AvgIpc) is 2.84. The first-order valence-electron chi connectivity index (χ1n) is 7.35. The maximum atomic E-state index is 12.7. The van der Waals surface area contributed by atoms with Crippen LogP contribution in [-0.4, -0.2) is 38.2 Å². The van der Waals surface area contributed by atoms with E-state index in [-0.39, 0.29) is 22.9 Å². The number of nitrogens with zero attached hydrogens (tertiary/aromatic N) is 3. The first-order valence-corrected chi connectivity index (χ1v) is 7.35. The number of likely N-dealkylation sites (tertiary alicyclic amines) is 1. The van der Waals surface area contributed by atoms with E-state index in [2.05, 4.69) is 23.9 Å². The molecule has 1 aliphatic rings. The van der Waals surface area contributed by atoms with Gasteiger partial charge in [0.05, 0.1) is 11.6 Å². The lowest BCUT2D eigenvalue weighted by Gasteiger charge is -2.37. The number of hydrogen-bond donors (Lipinski definition) is 1. The van der Waals surface area contributed by atoms with E-state index < -0.39 is 0 Å². The molecule has 2 atom stereocenters. The summed E-state index contributed by atoms with van der Waals surface area (Å²) in [7, 11) is 1.76. The second-order valence-electron chi connectivity index (χ2n) is 5.92. The molecule has 1 fully saturated rings. The van der Waals surface area contributed by atoms with Gasteiger partial charge in [-0.25, -0.2) is 0 Å². The predicted octanol–water partition coefficient (Wildman–Crippen LogP) is 1.52. The summed E-state index contributed by atoms with van der Waals surface area (Å²) in [5.74, 6) is 0.282. The normalized spacial score (nSPS) is 22.7. The lowest BCUT2D eigenvalue weighted by Crippen LogP contribution is -2.47. The number of carbonyl (C=O) groups is 1. The highest BCUT2D eigenvalue weighted by molar-refractivity contribution is 5.96. The Hall–Kier alpha value is -2.11. The zero-order chi connectivity index (χ0) is 15.1. The van der Waals surface area contributed by atoms with Gasteiger partial charge in [0.1, 0.15) is 11.2 Å². The van der Waals surface area contributed by atoms with Crippen LogP contribution in [-0.2, 0) is 7.05 Å². The number of aromatic amines is 1. The predicted molar refractivity (Wildman–Crippen MR) is 80.2 cm³/mol. The number of aromatic nitrogens is 3. The number of rotatable bonds is 1. The minimum Gasteiger partial charge on any atom is -0.345 e. The molecule has 2 aromatic heterocycles. The SMILES string of the molecule is CC1CCCN(C(=O)c2c[nH]c3c(cnn3C)c2=O)C1C. The Morgan fingerprint density at radius 2 is 2.19 bits per heavy atom. The Labute approximate surface area is 122 Å². The second-order valence-corrected chi connectivity index (χ2v) is 5.92. The maximum absolute atomic E-state index is 12.7. The van der Waals surface area contributed by atoms with E-state index in [0.29, 0.717) is 17.0 Å². The molecule has 0 aromatic carbocycles. The number of aryl methyl sites for hydroxylation is 1. The van der Waals surface area contributed by atoms with Crippen molar-refractivity contribution in [3.05, 3.63) is 28.2 Å². The zero-order valence-electron chi connectivity index (χ0n) is 12.6. The van der Waals surface area contributed by atoms with Gasteiger partial charge in [0.2, 0.25) is 5.43 Å². The summed E-state index contributed by atoms with van der Waals surface area (Å²) < 4.78 is 1.59. The summed E-state index contributed by atoms with van der Waals surface area (Å²) in [4.78, 5) is 30.0. The van der Waals surface area contributed by atoms with Crippen LogP contribution < -0.4 is 5.43 Å². The molecule has 6 heteroatoms. The van der Waals surface area contributed by atoms with Crippen LogP contribution >= 0.6 is 0 Å². The quantitative estimate of drug-likeness (QED) is 0.865. The molecule has 0 spiro atoms. The van der Waals surface area contributed by atoms with Crippen LogP contribution in [0.25, 0.3) is 11.0 Å². The van der Waals surface area contributed by atoms with Crippen LogP contribution in [0.5, 0.6) is 0 Å². The Morgan fingerprint density at radius 1 is 1.43 bits per heavy atom. The Balaban J connectivity index is 2.02. The van der Waals surface area contributed by atoms with Crippen LogP contribution in [0, 0.1) is 5.92 Å². The third kappa shape index (κ3) is 2.14. The van der Waals surface area contributed by atoms with Crippen molar-refractivity contribution >= 4 is 16.9 Å². The number of nitrogens with one attached hydrogen (secondary N) is 1. The molecule has 112 valence electrons. The van der Waals surface area contributed by atoms with Crippen molar-refractivity contribution in [3.8, 4) is 0 Å². The molecule has 1 N–H and O–H groups in total. The molecule has 0 radical (unpaired) electrons. The number of H-pyrrole nitrogens is 1. The third-order valence-corrected chi connectivity index (χ3v) is 4.65. The van der Waals surface area contributed by atoms with Gasteiger partial charge in [0.25, 0.3) is 5.91 Å². The Bertz CT molecular complexity index is 746. The number of amides is 1. The largest absolute Gasteiger partial charge is 0.345 e. The van der Waals surface area contributed by atoms with E-state index in [1.54, 1.807) is 11.7 Å². The lowest BCUT2D eigenvalue weighted by molar-refractivity contribution is 0.0549. The molecule has 0 saturated carbocycles. The third-order valence-electron chi connectivity index (χ3n) is 4.65. The molecular formula is C15H20N4O2. The molecule has 21 heavy (non-hydrogen) atoms. The first kappa shape index (κ1) is 13.9. The standard InChI is InChI=1S/C15H20N4O2/c1-9-5-4-6-19(10(9)2)15(21)12-7-16-14-11(13(12)20)8-17-18(14)3/h7-10H,4-6H2,1-3H3,(H,16,20). The first-order chi connectivity index (χ1) is 10.0. The Kier molecular flexibility index (Phi) is 3.31. The topological polar surface area (TPSA) is 71.0 Å². The molecule has 1 saturated heterocycles. The summed E-state index contributed by atoms with van der Waals surface area (Å²) in [6.07, 6.45) is 5.14. The minimum absolute atomic E-state index is 0.162. The van der Waals surface area contributed by atoms with Crippen LogP contribution in [0.2, 0.25) is 0 Å². The van der Waals surface area contributed by atoms with Gasteiger partial charge < -0.3 is 9.88 Å². The monoisotopic (exact) mass is 288 g/mol. The van der Waals surface area contributed by atoms with Crippen molar-refractivity contribution in [3.63, 3.8) is 0 Å². The molecular weight excluding hydrogens is 268 g/mol. The van der Waals surface area contributed by atoms with Crippen molar-refractivity contribution in [1.29, 1.82) is 0 Å². The maximum Gasteiger partial charge on any atom is 0.259 e. The molecule has 0 aliphatic carbocycles. The molecule has 1 amide bonds. The molecule has 6 nitrogen and oxygen atoms in total. The van der Waals surface area contributed by atoms with Crippen molar-refractivity contribution in [1.82, 2.24) is 19.7 Å². The van der Waals surface area contributed by atoms with Gasteiger partial charge in [-0.2, -0.15) is 5.10 Å². The van der Waals surface area contributed by atoms with Crippen molar-refractivity contribution < 1.29 is 4.79 Å². The fraction of sp³-hybridized carbons (Fsp3) is 0.533. The number of piperidine rings is 1. The van der Waals surface area contributed by atoms with Gasteiger partial charge in [-0.3, -0.25) is 14.3 Å². The van der Waals surface area contributed by atoms with Gasteiger partial charge in [-0.15, -0.1) is 0 Å². The number of hydrogen-bond acceptors (Lipinski definition) is 3. The van der Waals surface area contributed by atoms with E-state index in [1.807, 2.05) is 4.90 Å². The van der Waals surface area contributed by atoms with Crippen LogP contribution in [0.1, 0.15) is 37.0 Å².